The number of ketones is 1. The zero-order valence-electron chi connectivity index (χ0n) is 17.6. The Balaban J connectivity index is 1.46. The van der Waals surface area contributed by atoms with E-state index in [9.17, 15) is 9.59 Å². The number of hydrogen-bond acceptors (Lipinski definition) is 4. The van der Waals surface area contributed by atoms with Crippen LogP contribution in [0.15, 0.2) is 85.1 Å². The van der Waals surface area contributed by atoms with Gasteiger partial charge in [-0.15, -0.1) is 0 Å². The molecule has 0 radical (unpaired) electrons. The second-order valence-electron chi connectivity index (χ2n) is 7.50. The minimum absolute atomic E-state index is 0.210. The molecule has 1 amide bonds. The average molecular weight is 472 g/mol. The van der Waals surface area contributed by atoms with Crippen molar-refractivity contribution in [2.45, 2.75) is 6.92 Å². The third-order valence-corrected chi connectivity index (χ3v) is 6.73. The first-order chi connectivity index (χ1) is 16.0. The second kappa shape index (κ2) is 8.65. The monoisotopic (exact) mass is 471 g/mol. The largest absolute Gasteiger partial charge is 0.321 e. The number of amides is 1. The summed E-state index contributed by atoms with van der Waals surface area (Å²) in [7, 11) is 0. The molecule has 0 spiro atoms. The van der Waals surface area contributed by atoms with Crippen molar-refractivity contribution in [1.82, 2.24) is 9.38 Å². The number of nitrogens with one attached hydrogen (secondary N) is 1. The Labute approximate surface area is 199 Å². The van der Waals surface area contributed by atoms with Crippen molar-refractivity contribution in [1.29, 1.82) is 0 Å². The highest BCUT2D eigenvalue weighted by molar-refractivity contribution is 7.19. The fourth-order valence-corrected chi connectivity index (χ4v) is 4.82. The normalized spacial score (nSPS) is 11.0. The number of carbonyl (C=O) groups excluding carboxylic acids is 2. The van der Waals surface area contributed by atoms with Gasteiger partial charge in [0, 0.05) is 33.6 Å². The lowest BCUT2D eigenvalue weighted by Gasteiger charge is -2.11. The molecule has 7 heteroatoms. The number of imidazole rings is 1. The number of carbonyl (C=O) groups is 2. The molecule has 2 aromatic heterocycles. The first kappa shape index (κ1) is 21.1. The van der Waals surface area contributed by atoms with Gasteiger partial charge in [0.05, 0.1) is 11.4 Å². The Morgan fingerprint density at radius 1 is 0.970 bits per heavy atom. The van der Waals surface area contributed by atoms with Gasteiger partial charge in [0.15, 0.2) is 10.7 Å². The highest BCUT2D eigenvalue weighted by atomic mass is 35.5. The molecule has 0 bridgehead atoms. The van der Waals surface area contributed by atoms with Gasteiger partial charge >= 0.3 is 0 Å². The zero-order chi connectivity index (χ0) is 22.9. The number of benzene rings is 3. The molecule has 2 heterocycles. The molecule has 0 saturated heterocycles. The first-order valence-electron chi connectivity index (χ1n) is 10.3. The number of fused-ring (bicyclic) bond motifs is 1. The van der Waals surface area contributed by atoms with Gasteiger partial charge in [-0.1, -0.05) is 83.6 Å². The van der Waals surface area contributed by atoms with Crippen LogP contribution < -0.4 is 5.32 Å². The lowest BCUT2D eigenvalue weighted by atomic mass is 10.0. The minimum Gasteiger partial charge on any atom is -0.321 e. The van der Waals surface area contributed by atoms with Crippen LogP contribution in [0.4, 0.5) is 5.69 Å². The summed E-state index contributed by atoms with van der Waals surface area (Å²) in [4.78, 5) is 32.2. The summed E-state index contributed by atoms with van der Waals surface area (Å²) < 4.78 is 1.92. The van der Waals surface area contributed by atoms with Gasteiger partial charge in [0.25, 0.3) is 5.91 Å². The Kier molecular flexibility index (Phi) is 5.54. The maximum atomic E-state index is 13.2. The van der Waals surface area contributed by atoms with Gasteiger partial charge in [-0.3, -0.25) is 14.0 Å². The molecule has 0 aliphatic heterocycles. The Morgan fingerprint density at radius 3 is 2.36 bits per heavy atom. The lowest BCUT2D eigenvalue weighted by Crippen LogP contribution is -2.15. The number of aromatic nitrogens is 2. The van der Waals surface area contributed by atoms with Crippen LogP contribution in [0.2, 0.25) is 5.02 Å². The lowest BCUT2D eigenvalue weighted by molar-refractivity contribution is 0.102. The van der Waals surface area contributed by atoms with E-state index in [4.69, 9.17) is 11.6 Å². The third kappa shape index (κ3) is 4.06. The predicted octanol–water partition coefficient (Wildman–Crippen LogP) is 6.51. The number of rotatable bonds is 5. The summed E-state index contributed by atoms with van der Waals surface area (Å²) in [6.45, 7) is 1.88. The molecular weight excluding hydrogens is 454 g/mol. The van der Waals surface area contributed by atoms with Crippen molar-refractivity contribution in [2.24, 2.45) is 0 Å². The standard InChI is InChI=1S/C26H18ClN3O2S/c1-16-24(33-26-29-22(15-30(16)26)17-8-4-2-5-9-17)25(32)28-21-13-12-19(27)14-20(21)23(31)18-10-6-3-7-11-18/h2-15H,1H3,(H,28,32). The number of anilines is 1. The topological polar surface area (TPSA) is 63.5 Å². The second-order valence-corrected chi connectivity index (χ2v) is 8.91. The minimum atomic E-state index is -0.298. The van der Waals surface area contributed by atoms with Crippen LogP contribution in [0.25, 0.3) is 16.2 Å². The van der Waals surface area contributed by atoms with Crippen LogP contribution in [0.5, 0.6) is 0 Å². The fourth-order valence-electron chi connectivity index (χ4n) is 3.65. The Morgan fingerprint density at radius 2 is 1.67 bits per heavy atom. The van der Waals surface area contributed by atoms with Crippen LogP contribution in [0.3, 0.4) is 0 Å². The quantitative estimate of drug-likeness (QED) is 0.297. The van der Waals surface area contributed by atoms with E-state index in [-0.39, 0.29) is 11.7 Å². The van der Waals surface area contributed by atoms with E-state index in [1.165, 1.54) is 11.3 Å². The van der Waals surface area contributed by atoms with Gasteiger partial charge in [0.1, 0.15) is 4.88 Å². The van der Waals surface area contributed by atoms with Crippen LogP contribution in [0.1, 0.15) is 31.3 Å². The highest BCUT2D eigenvalue weighted by Crippen LogP contribution is 2.29. The van der Waals surface area contributed by atoms with Gasteiger partial charge in [-0.25, -0.2) is 4.98 Å². The summed E-state index contributed by atoms with van der Waals surface area (Å²) in [5.41, 5.74) is 3.93. The fraction of sp³-hybridized carbons (Fsp3) is 0.0385. The number of aryl methyl sites for hydroxylation is 1. The van der Waals surface area contributed by atoms with E-state index in [2.05, 4.69) is 10.3 Å². The molecule has 0 aliphatic carbocycles. The SMILES string of the molecule is Cc1c(C(=O)Nc2ccc(Cl)cc2C(=O)c2ccccc2)sc2nc(-c3ccccc3)cn12. The average Bonchev–Trinajstić information content (AvgIpc) is 3.40. The smallest absolute Gasteiger partial charge is 0.267 e. The predicted molar refractivity (Wildman–Crippen MR) is 133 cm³/mol. The maximum absolute atomic E-state index is 13.2. The number of nitrogens with zero attached hydrogens (tertiary/aromatic N) is 2. The molecule has 5 nitrogen and oxygen atoms in total. The number of thiazole rings is 1. The van der Waals surface area contributed by atoms with Crippen LogP contribution in [-0.2, 0) is 0 Å². The van der Waals surface area contributed by atoms with Gasteiger partial charge in [-0.05, 0) is 25.1 Å². The van der Waals surface area contributed by atoms with Crippen LogP contribution >= 0.6 is 22.9 Å². The van der Waals surface area contributed by atoms with Crippen molar-refractivity contribution in [3.05, 3.63) is 112 Å². The van der Waals surface area contributed by atoms with E-state index in [0.29, 0.717) is 26.7 Å². The molecule has 33 heavy (non-hydrogen) atoms. The summed E-state index contributed by atoms with van der Waals surface area (Å²) in [6.07, 6.45) is 1.93. The van der Waals surface area contributed by atoms with Crippen LogP contribution in [-0.4, -0.2) is 21.1 Å². The number of halogens is 1. The molecule has 0 atom stereocenters. The van der Waals surface area contributed by atoms with Crippen molar-refractivity contribution < 1.29 is 9.59 Å². The van der Waals surface area contributed by atoms with Gasteiger partial charge in [-0.2, -0.15) is 0 Å². The summed E-state index contributed by atoms with van der Waals surface area (Å²) in [5.74, 6) is -0.507. The molecule has 0 saturated carbocycles. The van der Waals surface area contributed by atoms with Gasteiger partial charge in [0.2, 0.25) is 0 Å². The van der Waals surface area contributed by atoms with E-state index in [0.717, 1.165) is 21.9 Å². The van der Waals surface area contributed by atoms with E-state index in [1.54, 1.807) is 42.5 Å². The molecule has 5 aromatic rings. The van der Waals surface area contributed by atoms with Crippen molar-refractivity contribution in [3.8, 4) is 11.3 Å². The first-order valence-corrected chi connectivity index (χ1v) is 11.5. The maximum Gasteiger partial charge on any atom is 0.267 e. The molecule has 3 aromatic carbocycles. The summed E-state index contributed by atoms with van der Waals surface area (Å²) >= 11 is 7.47. The Hall–Kier alpha value is -3.74. The van der Waals surface area contributed by atoms with E-state index < -0.39 is 0 Å². The van der Waals surface area contributed by atoms with E-state index in [1.807, 2.05) is 53.9 Å². The summed E-state index contributed by atoms with van der Waals surface area (Å²) in [5, 5.41) is 3.32. The molecule has 5 rings (SSSR count). The summed E-state index contributed by atoms with van der Waals surface area (Å²) in [6, 6.07) is 23.7. The van der Waals surface area contributed by atoms with Crippen molar-refractivity contribution in [3.63, 3.8) is 0 Å². The van der Waals surface area contributed by atoms with Gasteiger partial charge < -0.3 is 5.32 Å². The third-order valence-electron chi connectivity index (χ3n) is 5.34. The van der Waals surface area contributed by atoms with Crippen molar-refractivity contribution >= 4 is 45.3 Å². The highest BCUT2D eigenvalue weighted by Gasteiger charge is 2.21. The molecule has 162 valence electrons. The molecule has 0 unspecified atom stereocenters. The molecule has 0 aliphatic rings. The molecular formula is C26H18ClN3O2S. The Bertz CT molecular complexity index is 1490. The number of hydrogen-bond donors (Lipinski definition) is 1. The van der Waals surface area contributed by atoms with Crippen LogP contribution in [0, 0.1) is 6.92 Å². The zero-order valence-corrected chi connectivity index (χ0v) is 19.2. The van der Waals surface area contributed by atoms with E-state index >= 15 is 0 Å². The van der Waals surface area contributed by atoms with Crippen molar-refractivity contribution in [2.75, 3.05) is 5.32 Å². The molecule has 1 N–H and O–H groups in total. The molecule has 0 fully saturated rings.